The van der Waals surface area contributed by atoms with Crippen LogP contribution in [-0.2, 0) is 6.54 Å². The first kappa shape index (κ1) is 14.5. The van der Waals surface area contributed by atoms with Gasteiger partial charge in [-0.3, -0.25) is 4.90 Å². The zero-order valence-electron chi connectivity index (χ0n) is 12.7. The molecule has 0 amide bonds. The number of piperidine rings is 1. The maximum absolute atomic E-state index is 3.52. The molecule has 1 aliphatic rings. The van der Waals surface area contributed by atoms with Crippen molar-refractivity contribution in [3.05, 3.63) is 35.4 Å². The molecule has 1 aromatic carbocycles. The van der Waals surface area contributed by atoms with Gasteiger partial charge < -0.3 is 5.32 Å². The second kappa shape index (κ2) is 7.06. The first-order chi connectivity index (χ1) is 9.15. The van der Waals surface area contributed by atoms with Crippen LogP contribution in [0, 0.1) is 12.8 Å². The van der Waals surface area contributed by atoms with Crippen LogP contribution in [0.1, 0.15) is 37.8 Å². The van der Waals surface area contributed by atoms with Crippen molar-refractivity contribution >= 4 is 0 Å². The summed E-state index contributed by atoms with van der Waals surface area (Å²) in [4.78, 5) is 2.61. The van der Waals surface area contributed by atoms with Gasteiger partial charge in [0.15, 0.2) is 0 Å². The summed E-state index contributed by atoms with van der Waals surface area (Å²) in [7, 11) is 0. The maximum Gasteiger partial charge on any atom is 0.0236 e. The van der Waals surface area contributed by atoms with Crippen LogP contribution >= 0.6 is 0 Å². The molecule has 0 saturated carbocycles. The average Bonchev–Trinajstić information content (AvgIpc) is 2.41. The number of hydrogen-bond acceptors (Lipinski definition) is 2. The molecule has 1 heterocycles. The monoisotopic (exact) mass is 260 g/mol. The van der Waals surface area contributed by atoms with Crippen molar-refractivity contribution in [2.24, 2.45) is 5.92 Å². The number of nitrogens with zero attached hydrogens (tertiary/aromatic N) is 1. The molecule has 1 aliphatic heterocycles. The van der Waals surface area contributed by atoms with E-state index in [4.69, 9.17) is 0 Å². The van der Waals surface area contributed by atoms with Gasteiger partial charge in [-0.15, -0.1) is 0 Å². The van der Waals surface area contributed by atoms with Crippen LogP contribution in [0.5, 0.6) is 0 Å². The standard InChI is InChI=1S/C17H28N2/c1-14(2)19(13-17-5-4-10-18-11-17)12-16-8-6-15(3)7-9-16/h6-9,14,17-18H,4-5,10-13H2,1-3H3. The van der Waals surface area contributed by atoms with Gasteiger partial charge in [0.05, 0.1) is 0 Å². The highest BCUT2D eigenvalue weighted by molar-refractivity contribution is 5.21. The van der Waals surface area contributed by atoms with Gasteiger partial charge in [-0.2, -0.15) is 0 Å². The van der Waals surface area contributed by atoms with Crippen LogP contribution in [0.25, 0.3) is 0 Å². The lowest BCUT2D eigenvalue weighted by atomic mass is 9.98. The van der Waals surface area contributed by atoms with Gasteiger partial charge in [0.2, 0.25) is 0 Å². The molecule has 0 bridgehead atoms. The van der Waals surface area contributed by atoms with E-state index < -0.39 is 0 Å². The molecule has 19 heavy (non-hydrogen) atoms. The van der Waals surface area contributed by atoms with E-state index in [-0.39, 0.29) is 0 Å². The van der Waals surface area contributed by atoms with Gasteiger partial charge in [-0.25, -0.2) is 0 Å². The van der Waals surface area contributed by atoms with E-state index in [1.165, 1.54) is 43.6 Å². The highest BCUT2D eigenvalue weighted by Crippen LogP contribution is 2.16. The van der Waals surface area contributed by atoms with Gasteiger partial charge in [0.25, 0.3) is 0 Å². The molecule has 2 nitrogen and oxygen atoms in total. The summed E-state index contributed by atoms with van der Waals surface area (Å²) in [5, 5.41) is 3.52. The Morgan fingerprint density at radius 1 is 1.26 bits per heavy atom. The van der Waals surface area contributed by atoms with Crippen molar-refractivity contribution in [3.63, 3.8) is 0 Å². The average molecular weight is 260 g/mol. The normalized spacial score (nSPS) is 20.2. The summed E-state index contributed by atoms with van der Waals surface area (Å²) in [6.45, 7) is 11.5. The number of hydrogen-bond donors (Lipinski definition) is 1. The minimum atomic E-state index is 0.614. The van der Waals surface area contributed by atoms with Gasteiger partial charge in [-0.1, -0.05) is 29.8 Å². The first-order valence-electron chi connectivity index (χ1n) is 7.65. The predicted octanol–water partition coefficient (Wildman–Crippen LogP) is 3.21. The Hall–Kier alpha value is -0.860. The molecule has 1 saturated heterocycles. The molecule has 2 rings (SSSR count). The minimum absolute atomic E-state index is 0.614. The zero-order valence-corrected chi connectivity index (χ0v) is 12.7. The highest BCUT2D eigenvalue weighted by Gasteiger charge is 2.18. The first-order valence-corrected chi connectivity index (χ1v) is 7.65. The molecule has 1 N–H and O–H groups in total. The van der Waals surface area contributed by atoms with Crippen LogP contribution in [0.15, 0.2) is 24.3 Å². The Morgan fingerprint density at radius 2 is 2.00 bits per heavy atom. The Bertz CT molecular complexity index is 363. The molecule has 0 aliphatic carbocycles. The van der Waals surface area contributed by atoms with Gasteiger partial charge >= 0.3 is 0 Å². The molecule has 1 aromatic rings. The van der Waals surface area contributed by atoms with E-state index in [1.54, 1.807) is 0 Å². The smallest absolute Gasteiger partial charge is 0.0236 e. The van der Waals surface area contributed by atoms with Crippen LogP contribution < -0.4 is 5.32 Å². The van der Waals surface area contributed by atoms with Crippen molar-refractivity contribution in [1.29, 1.82) is 0 Å². The Kier molecular flexibility index (Phi) is 5.41. The lowest BCUT2D eigenvalue weighted by Gasteiger charge is -2.32. The Morgan fingerprint density at radius 3 is 2.58 bits per heavy atom. The SMILES string of the molecule is Cc1ccc(CN(CC2CCCNC2)C(C)C)cc1. The van der Waals surface area contributed by atoms with Crippen LogP contribution in [0.3, 0.4) is 0 Å². The predicted molar refractivity (Wildman–Crippen MR) is 82.3 cm³/mol. The molecule has 0 spiro atoms. The van der Waals surface area contributed by atoms with Crippen molar-refractivity contribution < 1.29 is 0 Å². The third-order valence-corrected chi connectivity index (χ3v) is 4.13. The highest BCUT2D eigenvalue weighted by atomic mass is 15.1. The lowest BCUT2D eigenvalue weighted by Crippen LogP contribution is -2.40. The fourth-order valence-corrected chi connectivity index (χ4v) is 2.80. The van der Waals surface area contributed by atoms with Crippen molar-refractivity contribution in [3.8, 4) is 0 Å². The summed E-state index contributed by atoms with van der Waals surface area (Å²) >= 11 is 0. The quantitative estimate of drug-likeness (QED) is 0.874. The van der Waals surface area contributed by atoms with Gasteiger partial charge in [0, 0.05) is 19.1 Å². The second-order valence-corrected chi connectivity index (χ2v) is 6.22. The summed E-state index contributed by atoms with van der Waals surface area (Å²) in [6, 6.07) is 9.59. The van der Waals surface area contributed by atoms with E-state index in [1.807, 2.05) is 0 Å². The largest absolute Gasteiger partial charge is 0.316 e. The molecule has 2 heteroatoms. The van der Waals surface area contributed by atoms with Crippen molar-refractivity contribution in [2.75, 3.05) is 19.6 Å². The lowest BCUT2D eigenvalue weighted by molar-refractivity contribution is 0.164. The molecular formula is C17H28N2. The Labute approximate surface area is 118 Å². The van der Waals surface area contributed by atoms with E-state index >= 15 is 0 Å². The Balaban J connectivity index is 1.93. The zero-order chi connectivity index (χ0) is 13.7. The van der Waals surface area contributed by atoms with E-state index in [9.17, 15) is 0 Å². The topological polar surface area (TPSA) is 15.3 Å². The van der Waals surface area contributed by atoms with Gasteiger partial charge in [-0.05, 0) is 58.2 Å². The van der Waals surface area contributed by atoms with Gasteiger partial charge in [0.1, 0.15) is 0 Å². The van der Waals surface area contributed by atoms with E-state index in [0.717, 1.165) is 12.5 Å². The van der Waals surface area contributed by atoms with Crippen LogP contribution in [-0.4, -0.2) is 30.6 Å². The molecule has 1 atom stereocenters. The third-order valence-electron chi connectivity index (χ3n) is 4.13. The van der Waals surface area contributed by atoms with Crippen LogP contribution in [0.2, 0.25) is 0 Å². The maximum atomic E-state index is 3.52. The summed E-state index contributed by atoms with van der Waals surface area (Å²) < 4.78 is 0. The number of rotatable bonds is 5. The molecule has 106 valence electrons. The second-order valence-electron chi connectivity index (χ2n) is 6.22. The molecule has 0 radical (unpaired) electrons. The fraction of sp³-hybridized carbons (Fsp3) is 0.647. The minimum Gasteiger partial charge on any atom is -0.316 e. The molecular weight excluding hydrogens is 232 g/mol. The van der Waals surface area contributed by atoms with E-state index in [2.05, 4.69) is 55.3 Å². The summed E-state index contributed by atoms with van der Waals surface area (Å²) in [5.41, 5.74) is 2.78. The van der Waals surface area contributed by atoms with Crippen molar-refractivity contribution in [2.45, 2.75) is 46.2 Å². The third kappa shape index (κ3) is 4.63. The van der Waals surface area contributed by atoms with E-state index in [0.29, 0.717) is 6.04 Å². The summed E-state index contributed by atoms with van der Waals surface area (Å²) in [5.74, 6) is 0.821. The number of nitrogens with one attached hydrogen (secondary N) is 1. The molecule has 0 aromatic heterocycles. The number of aryl methyl sites for hydroxylation is 1. The molecule has 1 fully saturated rings. The van der Waals surface area contributed by atoms with Crippen LogP contribution in [0.4, 0.5) is 0 Å². The van der Waals surface area contributed by atoms with Crippen molar-refractivity contribution in [1.82, 2.24) is 10.2 Å². The fourth-order valence-electron chi connectivity index (χ4n) is 2.80. The number of benzene rings is 1. The summed E-state index contributed by atoms with van der Waals surface area (Å²) in [6.07, 6.45) is 2.71. The molecule has 1 unspecified atom stereocenters.